The van der Waals surface area contributed by atoms with E-state index in [1.165, 1.54) is 6.42 Å². The van der Waals surface area contributed by atoms with Gasteiger partial charge in [0.1, 0.15) is 5.82 Å². The lowest BCUT2D eigenvalue weighted by Crippen LogP contribution is -2.32. The highest BCUT2D eigenvalue weighted by Gasteiger charge is 2.22. The van der Waals surface area contributed by atoms with Crippen LogP contribution in [0.1, 0.15) is 41.0 Å². The molecular formula is C22H22Cl2N4O. The monoisotopic (exact) mass is 428 g/mol. The Morgan fingerprint density at radius 1 is 0.931 bits per heavy atom. The summed E-state index contributed by atoms with van der Waals surface area (Å²) in [5.41, 5.74) is 1.69. The normalized spacial score (nSPS) is 13.6. The van der Waals surface area contributed by atoms with E-state index in [1.807, 2.05) is 29.2 Å². The fourth-order valence-electron chi connectivity index (χ4n) is 3.61. The highest BCUT2D eigenvalue weighted by molar-refractivity contribution is 6.30. The third-order valence-corrected chi connectivity index (χ3v) is 5.66. The van der Waals surface area contributed by atoms with Crippen molar-refractivity contribution in [1.29, 1.82) is 0 Å². The second-order valence-electron chi connectivity index (χ2n) is 7.29. The molecule has 7 heteroatoms. The second kappa shape index (κ2) is 8.97. The molecule has 2 aromatic carbocycles. The third-order valence-electron chi connectivity index (χ3n) is 5.16. The van der Waals surface area contributed by atoms with Crippen LogP contribution in [0.5, 0.6) is 0 Å². The van der Waals surface area contributed by atoms with Crippen LogP contribution in [0, 0.1) is 0 Å². The molecule has 3 aromatic rings. The quantitative estimate of drug-likeness (QED) is 0.506. The van der Waals surface area contributed by atoms with Crippen molar-refractivity contribution in [2.45, 2.75) is 38.8 Å². The first-order valence-electron chi connectivity index (χ1n) is 9.80. The predicted octanol–water partition coefficient (Wildman–Crippen LogP) is 5.20. The van der Waals surface area contributed by atoms with Gasteiger partial charge in [0.25, 0.3) is 0 Å². The van der Waals surface area contributed by atoms with Crippen molar-refractivity contribution < 1.29 is 4.79 Å². The Morgan fingerprint density at radius 3 is 2.34 bits per heavy atom. The summed E-state index contributed by atoms with van der Waals surface area (Å²) in [6.07, 6.45) is 4.33. The van der Waals surface area contributed by atoms with Crippen LogP contribution in [-0.4, -0.2) is 27.1 Å². The molecule has 0 saturated carbocycles. The number of carbonyl (C=O) groups excluding carboxylic acids is 1. The lowest BCUT2D eigenvalue weighted by molar-refractivity contribution is 0.0998. The van der Waals surface area contributed by atoms with Crippen molar-refractivity contribution in [3.8, 4) is 0 Å². The molecule has 1 aromatic heterocycles. The molecule has 0 radical (unpaired) electrons. The van der Waals surface area contributed by atoms with Crippen LogP contribution in [-0.2, 0) is 19.5 Å². The molecule has 0 atom stereocenters. The zero-order chi connectivity index (χ0) is 20.2. The minimum Gasteiger partial charge on any atom is -0.329 e. The number of aryl methyl sites for hydroxylation is 1. The number of benzene rings is 2. The summed E-state index contributed by atoms with van der Waals surface area (Å²) in [4.78, 5) is 15.0. The van der Waals surface area contributed by atoms with Crippen LogP contribution in [0.15, 0.2) is 48.5 Å². The Morgan fingerprint density at radius 2 is 1.62 bits per heavy atom. The van der Waals surface area contributed by atoms with Crippen molar-refractivity contribution in [1.82, 2.24) is 14.8 Å². The van der Waals surface area contributed by atoms with Crippen LogP contribution < -0.4 is 4.90 Å². The number of fused-ring (bicyclic) bond motifs is 1. The smallest absolute Gasteiger partial charge is 0.227 e. The van der Waals surface area contributed by atoms with E-state index in [9.17, 15) is 4.79 Å². The van der Waals surface area contributed by atoms with Gasteiger partial charge in [-0.05, 0) is 54.8 Å². The van der Waals surface area contributed by atoms with E-state index >= 15 is 0 Å². The van der Waals surface area contributed by atoms with E-state index in [0.717, 1.165) is 43.1 Å². The lowest BCUT2D eigenvalue weighted by Gasteiger charge is -2.24. The molecule has 0 aliphatic carbocycles. The fourth-order valence-corrected chi connectivity index (χ4v) is 3.86. The summed E-state index contributed by atoms with van der Waals surface area (Å²) in [5, 5.41) is 10.2. The largest absolute Gasteiger partial charge is 0.329 e. The Labute approximate surface area is 180 Å². The number of ketones is 1. The Bertz CT molecular complexity index is 983. The molecule has 4 rings (SSSR count). The standard InChI is InChI=1S/C22H22Cl2N4O/c23-18-9-5-16(6-10-18)14-27(15-20(29)17-7-11-19(24)12-8-17)22-26-25-21-4-2-1-3-13-28(21)22/h5-12H,1-4,13-15H2. The molecule has 0 fully saturated rings. The molecule has 0 saturated heterocycles. The number of carbonyl (C=O) groups is 1. The van der Waals surface area contributed by atoms with Crippen molar-refractivity contribution in [3.05, 3.63) is 75.5 Å². The SMILES string of the molecule is O=C(CN(Cc1ccc(Cl)cc1)c1nnc2n1CCCCC2)c1ccc(Cl)cc1. The average Bonchev–Trinajstić information content (AvgIpc) is 2.97. The average molecular weight is 429 g/mol. The van der Waals surface area contributed by atoms with Gasteiger partial charge in [0, 0.05) is 35.1 Å². The van der Waals surface area contributed by atoms with Crippen molar-refractivity contribution in [2.75, 3.05) is 11.4 Å². The molecule has 0 unspecified atom stereocenters. The molecule has 29 heavy (non-hydrogen) atoms. The maximum Gasteiger partial charge on any atom is 0.227 e. The van der Waals surface area contributed by atoms with Crippen LogP contribution >= 0.6 is 23.2 Å². The first kappa shape index (κ1) is 19.9. The molecule has 2 heterocycles. The number of rotatable bonds is 6. The van der Waals surface area contributed by atoms with Gasteiger partial charge in [0.05, 0.1) is 6.54 Å². The minimum absolute atomic E-state index is 0.0154. The maximum atomic E-state index is 13.0. The van der Waals surface area contributed by atoms with Gasteiger partial charge in [-0.1, -0.05) is 41.8 Å². The number of nitrogens with zero attached hydrogens (tertiary/aromatic N) is 4. The van der Waals surface area contributed by atoms with Crippen LogP contribution in [0.4, 0.5) is 5.95 Å². The zero-order valence-electron chi connectivity index (χ0n) is 16.0. The predicted molar refractivity (Wildman–Crippen MR) is 116 cm³/mol. The van der Waals surface area contributed by atoms with E-state index in [0.29, 0.717) is 22.2 Å². The van der Waals surface area contributed by atoms with Gasteiger partial charge in [0.15, 0.2) is 5.78 Å². The molecule has 1 aliphatic heterocycles. The molecule has 5 nitrogen and oxygen atoms in total. The molecule has 0 N–H and O–H groups in total. The summed E-state index contributed by atoms with van der Waals surface area (Å²) >= 11 is 12.0. The van der Waals surface area contributed by atoms with Crippen molar-refractivity contribution >= 4 is 34.9 Å². The van der Waals surface area contributed by atoms with Gasteiger partial charge in [-0.2, -0.15) is 0 Å². The van der Waals surface area contributed by atoms with Gasteiger partial charge >= 0.3 is 0 Å². The van der Waals surface area contributed by atoms with E-state index in [4.69, 9.17) is 23.2 Å². The molecule has 150 valence electrons. The van der Waals surface area contributed by atoms with Gasteiger partial charge in [-0.15, -0.1) is 10.2 Å². The van der Waals surface area contributed by atoms with Crippen molar-refractivity contribution in [2.24, 2.45) is 0 Å². The summed E-state index contributed by atoms with van der Waals surface area (Å²) < 4.78 is 2.16. The van der Waals surface area contributed by atoms with Gasteiger partial charge < -0.3 is 4.90 Å². The zero-order valence-corrected chi connectivity index (χ0v) is 17.5. The van der Waals surface area contributed by atoms with Crippen molar-refractivity contribution in [3.63, 3.8) is 0 Å². The number of anilines is 1. The van der Waals surface area contributed by atoms with Crippen LogP contribution in [0.2, 0.25) is 10.0 Å². The molecule has 1 aliphatic rings. The highest BCUT2D eigenvalue weighted by atomic mass is 35.5. The Hall–Kier alpha value is -2.37. The topological polar surface area (TPSA) is 51.0 Å². The third kappa shape index (κ3) is 4.80. The maximum absolute atomic E-state index is 13.0. The van der Waals surface area contributed by atoms with Crippen LogP contribution in [0.25, 0.3) is 0 Å². The fraction of sp³-hybridized carbons (Fsp3) is 0.318. The molecule has 0 bridgehead atoms. The Balaban J connectivity index is 1.63. The van der Waals surface area contributed by atoms with E-state index in [2.05, 4.69) is 14.8 Å². The summed E-state index contributed by atoms with van der Waals surface area (Å²) in [6.45, 7) is 1.64. The molecule has 0 amide bonds. The Kier molecular flexibility index (Phi) is 6.16. The minimum atomic E-state index is 0.0154. The first-order valence-corrected chi connectivity index (χ1v) is 10.6. The van der Waals surface area contributed by atoms with Gasteiger partial charge in [-0.3, -0.25) is 9.36 Å². The first-order chi connectivity index (χ1) is 14.1. The van der Waals surface area contributed by atoms with Crippen LogP contribution in [0.3, 0.4) is 0 Å². The van der Waals surface area contributed by atoms with E-state index in [1.54, 1.807) is 24.3 Å². The van der Waals surface area contributed by atoms with E-state index < -0.39 is 0 Å². The lowest BCUT2D eigenvalue weighted by atomic mass is 10.1. The second-order valence-corrected chi connectivity index (χ2v) is 8.16. The number of halogens is 2. The van der Waals surface area contributed by atoms with Gasteiger partial charge in [0.2, 0.25) is 5.95 Å². The van der Waals surface area contributed by atoms with Gasteiger partial charge in [-0.25, -0.2) is 0 Å². The molecular weight excluding hydrogens is 407 g/mol. The van der Waals surface area contributed by atoms with E-state index in [-0.39, 0.29) is 12.3 Å². The number of hydrogen-bond acceptors (Lipinski definition) is 4. The number of hydrogen-bond donors (Lipinski definition) is 0. The summed E-state index contributed by atoms with van der Waals surface area (Å²) in [5.74, 6) is 1.76. The summed E-state index contributed by atoms with van der Waals surface area (Å²) in [7, 11) is 0. The highest BCUT2D eigenvalue weighted by Crippen LogP contribution is 2.23. The number of Topliss-reactive ketones (excluding diaryl/α,β-unsaturated/α-hetero) is 1. The summed E-state index contributed by atoms with van der Waals surface area (Å²) in [6, 6.07) is 14.7. The molecule has 0 spiro atoms. The number of aromatic nitrogens is 3.